The maximum atomic E-state index is 12.0. The van der Waals surface area contributed by atoms with Crippen molar-refractivity contribution in [1.82, 2.24) is 0 Å². The van der Waals surface area contributed by atoms with Gasteiger partial charge in [0.15, 0.2) is 12.4 Å². The molecule has 0 N–H and O–H groups in total. The number of pyridine rings is 1. The molecule has 0 unspecified atom stereocenters. The molecule has 3 nitrogen and oxygen atoms in total. The normalized spacial score (nSPS) is 21.2. The van der Waals surface area contributed by atoms with Crippen molar-refractivity contribution in [2.24, 2.45) is 13.0 Å². The summed E-state index contributed by atoms with van der Waals surface area (Å²) in [7, 11) is 3.51. The van der Waals surface area contributed by atoms with E-state index < -0.39 is 0 Å². The number of esters is 1. The smallest absolute Gasteiger partial charge is 0.348 e. The van der Waals surface area contributed by atoms with Gasteiger partial charge < -0.3 is 4.74 Å². The topological polar surface area (TPSA) is 30.2 Å². The van der Waals surface area contributed by atoms with Gasteiger partial charge in [0.2, 0.25) is 0 Å². The molecule has 0 saturated heterocycles. The van der Waals surface area contributed by atoms with E-state index in [4.69, 9.17) is 4.74 Å². The van der Waals surface area contributed by atoms with E-state index in [1.165, 1.54) is 55.3 Å². The van der Waals surface area contributed by atoms with Crippen LogP contribution in [-0.4, -0.2) is 13.1 Å². The Bertz CT molecular complexity index is 699. The highest BCUT2D eigenvalue weighted by atomic mass is 32.1. The maximum Gasteiger partial charge on any atom is 0.348 e. The molecule has 0 radical (unpaired) electrons. The van der Waals surface area contributed by atoms with Gasteiger partial charge in [0.1, 0.15) is 11.9 Å². The molecule has 0 amide bonds. The van der Waals surface area contributed by atoms with Gasteiger partial charge in [0.25, 0.3) is 0 Å². The monoisotopic (exact) mass is 330 g/mol. The van der Waals surface area contributed by atoms with Crippen molar-refractivity contribution < 1.29 is 14.1 Å². The molecule has 1 fully saturated rings. The zero-order chi connectivity index (χ0) is 16.4. The molecule has 122 valence electrons. The van der Waals surface area contributed by atoms with Crippen LogP contribution >= 0.6 is 11.3 Å². The van der Waals surface area contributed by atoms with E-state index in [0.29, 0.717) is 10.8 Å². The summed E-state index contributed by atoms with van der Waals surface area (Å²) in [4.78, 5) is 12.7. The number of thiophene rings is 1. The molecule has 2 aromatic heterocycles. The first kappa shape index (κ1) is 16.2. The van der Waals surface area contributed by atoms with Crippen molar-refractivity contribution >= 4 is 17.3 Å². The third-order valence-electron chi connectivity index (χ3n) is 4.91. The van der Waals surface area contributed by atoms with Gasteiger partial charge >= 0.3 is 5.97 Å². The highest BCUT2D eigenvalue weighted by Crippen LogP contribution is 2.40. The van der Waals surface area contributed by atoms with Gasteiger partial charge in [-0.15, -0.1) is 11.3 Å². The zero-order valence-electron chi connectivity index (χ0n) is 14.0. The molecule has 23 heavy (non-hydrogen) atoms. The maximum absolute atomic E-state index is 12.0. The molecule has 0 aromatic carbocycles. The van der Waals surface area contributed by atoms with Gasteiger partial charge in [-0.3, -0.25) is 0 Å². The summed E-state index contributed by atoms with van der Waals surface area (Å²) in [6.07, 6.45) is 9.33. The molecule has 3 rings (SSSR count). The van der Waals surface area contributed by atoms with Crippen molar-refractivity contribution in [3.63, 3.8) is 0 Å². The molecule has 1 aliphatic carbocycles. The minimum Gasteiger partial charge on any atom is -0.465 e. The summed E-state index contributed by atoms with van der Waals surface area (Å²) >= 11 is 1.46. The Balaban J connectivity index is 2.03. The number of rotatable bonds is 3. The van der Waals surface area contributed by atoms with Crippen LogP contribution in [0.15, 0.2) is 29.9 Å². The lowest BCUT2D eigenvalue weighted by molar-refractivity contribution is -0.671. The van der Waals surface area contributed by atoms with Crippen molar-refractivity contribution in [2.75, 3.05) is 7.11 Å². The summed E-state index contributed by atoms with van der Waals surface area (Å²) in [5.41, 5.74) is 3.56. The van der Waals surface area contributed by atoms with E-state index in [-0.39, 0.29) is 5.97 Å². The lowest BCUT2D eigenvalue weighted by Gasteiger charge is -2.27. The van der Waals surface area contributed by atoms with Gasteiger partial charge in [-0.05, 0) is 41.7 Å². The average molecular weight is 330 g/mol. The fourth-order valence-corrected chi connectivity index (χ4v) is 4.36. The quantitative estimate of drug-likeness (QED) is 0.620. The molecule has 0 aliphatic heterocycles. The number of carbonyl (C=O) groups excluding carboxylic acids is 1. The van der Waals surface area contributed by atoms with Gasteiger partial charge in [-0.2, -0.15) is 0 Å². The van der Waals surface area contributed by atoms with Crippen LogP contribution in [0.5, 0.6) is 0 Å². The Kier molecular flexibility index (Phi) is 4.81. The highest BCUT2D eigenvalue weighted by Gasteiger charge is 2.26. The van der Waals surface area contributed by atoms with Crippen LogP contribution in [0.25, 0.3) is 11.1 Å². The van der Waals surface area contributed by atoms with Crippen LogP contribution in [0, 0.1) is 5.92 Å². The van der Waals surface area contributed by atoms with E-state index in [1.54, 1.807) is 0 Å². The molecule has 4 heteroatoms. The second kappa shape index (κ2) is 6.83. The fourth-order valence-electron chi connectivity index (χ4n) is 3.53. The van der Waals surface area contributed by atoms with Crippen molar-refractivity contribution in [1.29, 1.82) is 0 Å². The molecular formula is C19H24NO2S+. The van der Waals surface area contributed by atoms with E-state index in [0.717, 1.165) is 11.5 Å². The first-order valence-electron chi connectivity index (χ1n) is 8.25. The number of methoxy groups -OCH3 is 1. The number of nitrogens with zero attached hydrogens (tertiary/aromatic N) is 1. The molecule has 0 atom stereocenters. The van der Waals surface area contributed by atoms with Crippen LogP contribution in [0.2, 0.25) is 0 Å². The zero-order valence-corrected chi connectivity index (χ0v) is 14.9. The van der Waals surface area contributed by atoms with Gasteiger partial charge in [0, 0.05) is 17.2 Å². The largest absolute Gasteiger partial charge is 0.465 e. The first-order chi connectivity index (χ1) is 11.1. The Labute approximate surface area is 141 Å². The van der Waals surface area contributed by atoms with E-state index in [2.05, 4.69) is 37.0 Å². The number of carbonyl (C=O) groups is 1. The van der Waals surface area contributed by atoms with Crippen molar-refractivity contribution in [3.05, 3.63) is 40.3 Å². The Morgan fingerprint density at radius 2 is 1.96 bits per heavy atom. The molecule has 2 heterocycles. The second-order valence-electron chi connectivity index (χ2n) is 6.59. The highest BCUT2D eigenvalue weighted by molar-refractivity contribution is 7.12. The molecular weight excluding hydrogens is 306 g/mol. The van der Waals surface area contributed by atoms with Crippen molar-refractivity contribution in [3.8, 4) is 11.1 Å². The number of hydrogen-bond donors (Lipinski definition) is 0. The first-order valence-corrected chi connectivity index (χ1v) is 9.13. The van der Waals surface area contributed by atoms with E-state index in [1.807, 2.05) is 11.4 Å². The number of ether oxygens (including phenoxy) is 1. The molecule has 2 aromatic rings. The summed E-state index contributed by atoms with van der Waals surface area (Å²) in [6, 6.07) is 4.18. The van der Waals surface area contributed by atoms with Crippen molar-refractivity contribution in [2.45, 2.75) is 38.5 Å². The summed E-state index contributed by atoms with van der Waals surface area (Å²) in [6.45, 7) is 2.34. The molecule has 1 aliphatic rings. The summed E-state index contributed by atoms with van der Waals surface area (Å²) < 4.78 is 7.06. The number of aryl methyl sites for hydroxylation is 1. The SMILES string of the molecule is COC(=O)c1sccc1-c1cc[n+](C)cc1C1CCC(C)CC1. The fraction of sp³-hybridized carbons (Fsp3) is 0.474. The Morgan fingerprint density at radius 1 is 1.22 bits per heavy atom. The predicted molar refractivity (Wildman–Crippen MR) is 92.6 cm³/mol. The van der Waals surface area contributed by atoms with Gasteiger partial charge in [0.05, 0.1) is 7.11 Å². The van der Waals surface area contributed by atoms with Gasteiger partial charge in [-0.25, -0.2) is 9.36 Å². The Morgan fingerprint density at radius 3 is 2.65 bits per heavy atom. The number of aromatic nitrogens is 1. The average Bonchev–Trinajstić information content (AvgIpc) is 3.04. The molecule has 0 spiro atoms. The summed E-state index contributed by atoms with van der Waals surface area (Å²) in [5.74, 6) is 1.17. The molecule has 1 saturated carbocycles. The van der Waals surface area contributed by atoms with Crippen LogP contribution in [0.1, 0.15) is 53.8 Å². The third kappa shape index (κ3) is 3.32. The molecule has 0 bridgehead atoms. The summed E-state index contributed by atoms with van der Waals surface area (Å²) in [5, 5.41) is 1.97. The Hall–Kier alpha value is -1.68. The predicted octanol–water partition coefficient (Wildman–Crippen LogP) is 4.32. The van der Waals surface area contributed by atoms with E-state index in [9.17, 15) is 4.79 Å². The minimum atomic E-state index is -0.244. The van der Waals surface area contributed by atoms with Crippen LogP contribution in [0.4, 0.5) is 0 Å². The lowest BCUT2D eigenvalue weighted by Crippen LogP contribution is -2.28. The van der Waals surface area contributed by atoms with Crippen LogP contribution < -0.4 is 4.57 Å². The van der Waals surface area contributed by atoms with Gasteiger partial charge in [-0.1, -0.05) is 19.8 Å². The third-order valence-corrected chi connectivity index (χ3v) is 5.81. The minimum absolute atomic E-state index is 0.244. The standard InChI is InChI=1S/C19H24NO2S/c1-13-4-6-14(7-5-13)17-12-20(2)10-8-15(17)16-9-11-23-18(16)19(21)22-3/h8-14H,4-7H2,1-3H3/q+1. The second-order valence-corrected chi connectivity index (χ2v) is 7.51. The van der Waals surface area contributed by atoms with Crippen LogP contribution in [-0.2, 0) is 11.8 Å². The van der Waals surface area contributed by atoms with Crippen LogP contribution in [0.3, 0.4) is 0 Å². The lowest BCUT2D eigenvalue weighted by atomic mass is 9.78. The van der Waals surface area contributed by atoms with E-state index >= 15 is 0 Å². The number of hydrogen-bond acceptors (Lipinski definition) is 3.